The second kappa shape index (κ2) is 8.89. The SMILES string of the molecule is C[Si](C)(C)CCOCn1c(-c2ccc(Br)cc2)cc2c(N3C4CCC3COC4)ncnc21. The van der Waals surface area contributed by atoms with Crippen molar-refractivity contribution in [1.82, 2.24) is 14.5 Å². The molecule has 2 aliphatic heterocycles. The van der Waals surface area contributed by atoms with Crippen LogP contribution in [0.5, 0.6) is 0 Å². The Morgan fingerprint density at radius 2 is 1.81 bits per heavy atom. The van der Waals surface area contributed by atoms with Gasteiger partial charge in [0.1, 0.15) is 24.5 Å². The van der Waals surface area contributed by atoms with E-state index in [9.17, 15) is 0 Å². The lowest BCUT2D eigenvalue weighted by molar-refractivity contribution is 0.0900. The fourth-order valence-electron chi connectivity index (χ4n) is 4.76. The zero-order valence-corrected chi connectivity index (χ0v) is 21.6. The Labute approximate surface area is 199 Å². The minimum absolute atomic E-state index is 0.402. The first-order valence-corrected chi connectivity index (χ1v) is 15.9. The van der Waals surface area contributed by atoms with E-state index in [2.05, 4.69) is 75.4 Å². The summed E-state index contributed by atoms with van der Waals surface area (Å²) in [5.41, 5.74) is 3.20. The van der Waals surface area contributed by atoms with Crippen molar-refractivity contribution < 1.29 is 9.47 Å². The van der Waals surface area contributed by atoms with E-state index in [1.165, 1.54) is 0 Å². The van der Waals surface area contributed by atoms with E-state index in [0.29, 0.717) is 18.8 Å². The quantitative estimate of drug-likeness (QED) is 0.306. The van der Waals surface area contributed by atoms with Gasteiger partial charge in [-0.25, -0.2) is 9.97 Å². The molecule has 0 saturated carbocycles. The lowest BCUT2D eigenvalue weighted by atomic mass is 10.1. The molecule has 2 aliphatic rings. The van der Waals surface area contributed by atoms with Gasteiger partial charge in [-0.15, -0.1) is 0 Å². The van der Waals surface area contributed by atoms with E-state index in [1.807, 2.05) is 0 Å². The molecule has 2 saturated heterocycles. The van der Waals surface area contributed by atoms with Crippen LogP contribution >= 0.6 is 15.9 Å². The zero-order chi connectivity index (χ0) is 22.3. The molecule has 32 heavy (non-hydrogen) atoms. The van der Waals surface area contributed by atoms with Crippen molar-refractivity contribution in [2.24, 2.45) is 0 Å². The lowest BCUT2D eigenvalue weighted by Gasteiger charge is -2.35. The van der Waals surface area contributed by atoms with Crippen LogP contribution < -0.4 is 4.90 Å². The Morgan fingerprint density at radius 1 is 1.09 bits per heavy atom. The van der Waals surface area contributed by atoms with E-state index < -0.39 is 8.07 Å². The van der Waals surface area contributed by atoms with Crippen LogP contribution in [0.2, 0.25) is 25.7 Å². The number of hydrogen-bond donors (Lipinski definition) is 0. The molecule has 2 atom stereocenters. The van der Waals surface area contributed by atoms with Crippen molar-refractivity contribution in [3.63, 3.8) is 0 Å². The molecule has 0 amide bonds. The van der Waals surface area contributed by atoms with Crippen LogP contribution in [0.1, 0.15) is 12.8 Å². The molecule has 5 rings (SSSR count). The van der Waals surface area contributed by atoms with Crippen LogP contribution in [-0.2, 0) is 16.2 Å². The van der Waals surface area contributed by atoms with Crippen molar-refractivity contribution in [3.05, 3.63) is 41.1 Å². The summed E-state index contributed by atoms with van der Waals surface area (Å²) >= 11 is 3.56. The summed E-state index contributed by atoms with van der Waals surface area (Å²) in [5.74, 6) is 1.03. The number of hydrogen-bond acceptors (Lipinski definition) is 5. The molecule has 0 spiro atoms. The van der Waals surface area contributed by atoms with Gasteiger partial charge in [0.15, 0.2) is 0 Å². The monoisotopic (exact) mass is 514 g/mol. The number of halogens is 1. The highest BCUT2D eigenvalue weighted by Crippen LogP contribution is 2.38. The molecular weight excluding hydrogens is 484 g/mol. The van der Waals surface area contributed by atoms with E-state index in [-0.39, 0.29) is 0 Å². The van der Waals surface area contributed by atoms with Crippen LogP contribution in [0.3, 0.4) is 0 Å². The molecule has 2 aromatic heterocycles. The Morgan fingerprint density at radius 3 is 2.50 bits per heavy atom. The van der Waals surface area contributed by atoms with Crippen LogP contribution in [-0.4, -0.2) is 54.5 Å². The lowest BCUT2D eigenvalue weighted by Crippen LogP contribution is -2.46. The summed E-state index contributed by atoms with van der Waals surface area (Å²) in [6, 6.07) is 12.6. The smallest absolute Gasteiger partial charge is 0.147 e. The number of benzene rings is 1. The molecule has 2 fully saturated rings. The molecule has 3 aromatic rings. The van der Waals surface area contributed by atoms with E-state index in [1.54, 1.807) is 6.33 Å². The predicted molar refractivity (Wildman–Crippen MR) is 135 cm³/mol. The largest absolute Gasteiger partial charge is 0.377 e. The van der Waals surface area contributed by atoms with E-state index >= 15 is 0 Å². The van der Waals surface area contributed by atoms with Gasteiger partial charge in [0.2, 0.25) is 0 Å². The van der Waals surface area contributed by atoms with Crippen molar-refractivity contribution in [1.29, 1.82) is 0 Å². The highest BCUT2D eigenvalue weighted by Gasteiger charge is 2.39. The fourth-order valence-corrected chi connectivity index (χ4v) is 5.78. The first-order valence-electron chi connectivity index (χ1n) is 11.4. The normalized spacial score (nSPS) is 20.9. The standard InChI is InChI=1S/C24H31BrN4O2Si/c1-32(2,3)11-10-30-16-28-22(17-4-6-18(25)7-5-17)12-21-23(28)26-15-27-24(21)29-19-8-9-20(29)14-31-13-19/h4-7,12,15,19-20H,8-11,13-14,16H2,1-3H3. The second-order valence-electron chi connectivity index (χ2n) is 10.1. The first kappa shape index (κ1) is 22.1. The number of rotatable bonds is 7. The Bertz CT molecular complexity index is 1080. The highest BCUT2D eigenvalue weighted by atomic mass is 79.9. The third kappa shape index (κ3) is 4.38. The number of ether oxygens (including phenoxy) is 2. The number of fused-ring (bicyclic) bond motifs is 3. The molecule has 2 unspecified atom stereocenters. The maximum Gasteiger partial charge on any atom is 0.147 e. The molecule has 0 aliphatic carbocycles. The summed E-state index contributed by atoms with van der Waals surface area (Å²) < 4.78 is 15.3. The molecular formula is C24H31BrN4O2Si. The third-order valence-electron chi connectivity index (χ3n) is 6.51. The van der Waals surface area contributed by atoms with Gasteiger partial charge >= 0.3 is 0 Å². The van der Waals surface area contributed by atoms with E-state index in [4.69, 9.17) is 19.4 Å². The van der Waals surface area contributed by atoms with Crippen molar-refractivity contribution in [2.75, 3.05) is 24.7 Å². The molecule has 6 nitrogen and oxygen atoms in total. The molecule has 170 valence electrons. The molecule has 4 heterocycles. The van der Waals surface area contributed by atoms with Gasteiger partial charge < -0.3 is 18.9 Å². The molecule has 1 aromatic carbocycles. The summed E-state index contributed by atoms with van der Waals surface area (Å²) in [6.45, 7) is 9.97. The first-order chi connectivity index (χ1) is 15.4. The molecule has 8 heteroatoms. The maximum absolute atomic E-state index is 6.18. The van der Waals surface area contributed by atoms with Crippen LogP contribution in [0.4, 0.5) is 5.82 Å². The van der Waals surface area contributed by atoms with Crippen molar-refractivity contribution in [3.8, 4) is 11.3 Å². The van der Waals surface area contributed by atoms with Gasteiger partial charge in [-0.2, -0.15) is 0 Å². The Hall–Kier alpha value is -1.74. The number of nitrogens with zero attached hydrogens (tertiary/aromatic N) is 4. The van der Waals surface area contributed by atoms with E-state index in [0.717, 1.165) is 71.3 Å². The summed E-state index contributed by atoms with van der Waals surface area (Å²) in [7, 11) is -1.14. The van der Waals surface area contributed by atoms with Crippen LogP contribution in [0, 0.1) is 0 Å². The summed E-state index contributed by atoms with van der Waals surface area (Å²) in [6.07, 6.45) is 4.03. The minimum Gasteiger partial charge on any atom is -0.377 e. The van der Waals surface area contributed by atoms with Gasteiger partial charge in [0.25, 0.3) is 0 Å². The Kier molecular flexibility index (Phi) is 6.13. The number of morpholine rings is 1. The summed E-state index contributed by atoms with van der Waals surface area (Å²) in [5, 5.41) is 1.10. The molecule has 0 N–H and O–H groups in total. The highest BCUT2D eigenvalue weighted by molar-refractivity contribution is 9.10. The van der Waals surface area contributed by atoms with Gasteiger partial charge in [0, 0.05) is 19.2 Å². The van der Waals surface area contributed by atoms with Crippen LogP contribution in [0.15, 0.2) is 41.1 Å². The molecule has 2 bridgehead atoms. The fraction of sp³-hybridized carbons (Fsp3) is 0.500. The van der Waals surface area contributed by atoms with Crippen molar-refractivity contribution >= 4 is 40.9 Å². The average Bonchev–Trinajstić information content (AvgIpc) is 3.24. The average molecular weight is 516 g/mol. The van der Waals surface area contributed by atoms with Gasteiger partial charge in [-0.3, -0.25) is 0 Å². The third-order valence-corrected chi connectivity index (χ3v) is 8.74. The number of aromatic nitrogens is 3. The summed E-state index contributed by atoms with van der Waals surface area (Å²) in [4.78, 5) is 12.0. The van der Waals surface area contributed by atoms with Gasteiger partial charge in [-0.1, -0.05) is 47.7 Å². The van der Waals surface area contributed by atoms with Crippen LogP contribution in [0.25, 0.3) is 22.3 Å². The Balaban J connectivity index is 1.55. The van der Waals surface area contributed by atoms with Gasteiger partial charge in [-0.05, 0) is 42.6 Å². The number of anilines is 1. The minimum atomic E-state index is -1.14. The second-order valence-corrected chi connectivity index (χ2v) is 16.6. The van der Waals surface area contributed by atoms with Gasteiger partial charge in [0.05, 0.1) is 36.4 Å². The van der Waals surface area contributed by atoms with Crippen molar-refractivity contribution in [2.45, 2.75) is 57.3 Å². The maximum atomic E-state index is 6.18. The topological polar surface area (TPSA) is 52.4 Å². The zero-order valence-electron chi connectivity index (χ0n) is 19.1. The molecule has 0 radical (unpaired) electrons. The predicted octanol–water partition coefficient (Wildman–Crippen LogP) is 5.54.